The third kappa shape index (κ3) is 2.87. The highest BCUT2D eigenvalue weighted by atomic mass is 32.2. The fourth-order valence-corrected chi connectivity index (χ4v) is 3.92. The van der Waals surface area contributed by atoms with Crippen molar-refractivity contribution in [3.8, 4) is 11.4 Å². The van der Waals surface area contributed by atoms with Crippen LogP contribution in [0.2, 0.25) is 0 Å². The minimum atomic E-state index is -0.0424. The van der Waals surface area contributed by atoms with Gasteiger partial charge in [0.1, 0.15) is 10.1 Å². The third-order valence-electron chi connectivity index (χ3n) is 4.07. The number of thioether (sulfide) groups is 1. The van der Waals surface area contributed by atoms with Gasteiger partial charge in [-0.25, -0.2) is 0 Å². The standard InChI is InChI=1S/C18H18N2O2S2/c1-11-9-13(10-16-17(21)19(3)18(23)24-16)12(2)20(11)14-5-7-15(22-4)8-6-14/h5-10H,1-4H3/b16-10-. The van der Waals surface area contributed by atoms with Crippen LogP contribution in [0.15, 0.2) is 35.2 Å². The van der Waals surface area contributed by atoms with E-state index in [4.69, 9.17) is 17.0 Å². The Labute approximate surface area is 151 Å². The second-order valence-corrected chi connectivity index (χ2v) is 7.28. The number of rotatable bonds is 3. The summed E-state index contributed by atoms with van der Waals surface area (Å²) in [5, 5.41) is 0. The number of hydrogen-bond donors (Lipinski definition) is 0. The van der Waals surface area contributed by atoms with Crippen molar-refractivity contribution in [2.75, 3.05) is 14.2 Å². The summed E-state index contributed by atoms with van der Waals surface area (Å²) in [6.45, 7) is 4.11. The molecular weight excluding hydrogens is 340 g/mol. The number of thiocarbonyl (C=S) groups is 1. The molecule has 1 aromatic heterocycles. The van der Waals surface area contributed by atoms with Crippen LogP contribution in [0.4, 0.5) is 0 Å². The zero-order valence-electron chi connectivity index (χ0n) is 14.0. The molecule has 1 fully saturated rings. The van der Waals surface area contributed by atoms with Crippen LogP contribution in [-0.4, -0.2) is 33.9 Å². The maximum absolute atomic E-state index is 12.2. The van der Waals surface area contributed by atoms with E-state index in [1.165, 1.54) is 16.7 Å². The molecule has 1 aromatic carbocycles. The second kappa shape index (κ2) is 6.45. The Morgan fingerprint density at radius 3 is 2.42 bits per heavy atom. The predicted molar refractivity (Wildman–Crippen MR) is 103 cm³/mol. The van der Waals surface area contributed by atoms with E-state index < -0.39 is 0 Å². The fourth-order valence-electron chi connectivity index (χ4n) is 2.75. The smallest absolute Gasteiger partial charge is 0.265 e. The Morgan fingerprint density at radius 2 is 1.88 bits per heavy atom. The van der Waals surface area contributed by atoms with Gasteiger partial charge in [-0.15, -0.1) is 0 Å². The van der Waals surface area contributed by atoms with Gasteiger partial charge in [0.15, 0.2) is 0 Å². The van der Waals surface area contributed by atoms with Gasteiger partial charge < -0.3 is 9.30 Å². The normalized spacial score (nSPS) is 16.3. The van der Waals surface area contributed by atoms with Crippen LogP contribution < -0.4 is 4.74 Å². The molecule has 1 aliphatic rings. The molecule has 1 amide bonds. The minimum Gasteiger partial charge on any atom is -0.497 e. The maximum atomic E-state index is 12.2. The average Bonchev–Trinajstić information content (AvgIpc) is 2.98. The number of amides is 1. The van der Waals surface area contributed by atoms with E-state index in [2.05, 4.69) is 24.5 Å². The van der Waals surface area contributed by atoms with Crippen LogP contribution in [0.3, 0.4) is 0 Å². The van der Waals surface area contributed by atoms with Crippen molar-refractivity contribution in [2.24, 2.45) is 0 Å². The number of ether oxygens (including phenoxy) is 1. The van der Waals surface area contributed by atoms with Gasteiger partial charge in [0, 0.05) is 24.1 Å². The first-order valence-corrected chi connectivity index (χ1v) is 8.69. The van der Waals surface area contributed by atoms with Crippen LogP contribution in [0.1, 0.15) is 17.0 Å². The van der Waals surface area contributed by atoms with Crippen LogP contribution in [-0.2, 0) is 4.79 Å². The molecule has 2 heterocycles. The number of carbonyl (C=O) groups is 1. The Balaban J connectivity index is 2.01. The fraction of sp³-hybridized carbons (Fsp3) is 0.222. The number of methoxy groups -OCH3 is 1. The van der Waals surface area contributed by atoms with E-state index in [1.54, 1.807) is 14.2 Å². The molecule has 1 aliphatic heterocycles. The molecule has 124 valence electrons. The maximum Gasteiger partial charge on any atom is 0.265 e. The van der Waals surface area contributed by atoms with Gasteiger partial charge in [0.05, 0.1) is 12.0 Å². The first-order chi connectivity index (χ1) is 11.4. The molecule has 0 bridgehead atoms. The second-order valence-electron chi connectivity index (χ2n) is 5.60. The molecule has 0 N–H and O–H groups in total. The highest BCUT2D eigenvalue weighted by molar-refractivity contribution is 8.26. The summed E-state index contributed by atoms with van der Waals surface area (Å²) in [5.74, 6) is 0.785. The van der Waals surface area contributed by atoms with Gasteiger partial charge in [-0.05, 0) is 55.8 Å². The average molecular weight is 358 g/mol. The zero-order chi connectivity index (χ0) is 17.4. The molecule has 0 atom stereocenters. The Hall–Kier alpha value is -2.05. The van der Waals surface area contributed by atoms with Crippen molar-refractivity contribution in [1.29, 1.82) is 0 Å². The van der Waals surface area contributed by atoms with Crippen molar-refractivity contribution in [1.82, 2.24) is 9.47 Å². The Bertz CT molecular complexity index is 851. The molecule has 0 radical (unpaired) electrons. The number of nitrogens with zero attached hydrogens (tertiary/aromatic N) is 2. The lowest BCUT2D eigenvalue weighted by Gasteiger charge is -2.10. The van der Waals surface area contributed by atoms with Gasteiger partial charge >= 0.3 is 0 Å². The third-order valence-corrected chi connectivity index (χ3v) is 5.56. The summed E-state index contributed by atoms with van der Waals surface area (Å²) in [4.78, 5) is 14.4. The number of aromatic nitrogens is 1. The van der Waals surface area contributed by atoms with Gasteiger partial charge in [-0.2, -0.15) is 0 Å². The Morgan fingerprint density at radius 1 is 1.21 bits per heavy atom. The Kier molecular flexibility index (Phi) is 4.51. The summed E-state index contributed by atoms with van der Waals surface area (Å²) >= 11 is 6.53. The van der Waals surface area contributed by atoms with Crippen LogP contribution >= 0.6 is 24.0 Å². The van der Waals surface area contributed by atoms with E-state index in [-0.39, 0.29) is 5.91 Å². The SMILES string of the molecule is COc1ccc(-n2c(C)cc(/C=C3\SC(=S)N(C)C3=O)c2C)cc1. The van der Waals surface area contributed by atoms with Crippen molar-refractivity contribution in [3.63, 3.8) is 0 Å². The van der Waals surface area contributed by atoms with E-state index in [0.29, 0.717) is 9.23 Å². The van der Waals surface area contributed by atoms with E-state index in [1.807, 2.05) is 30.3 Å². The van der Waals surface area contributed by atoms with Crippen LogP contribution in [0.5, 0.6) is 5.75 Å². The van der Waals surface area contributed by atoms with Crippen molar-refractivity contribution >= 4 is 40.3 Å². The lowest BCUT2D eigenvalue weighted by molar-refractivity contribution is -0.121. The van der Waals surface area contributed by atoms with Gasteiger partial charge in [-0.3, -0.25) is 9.69 Å². The molecule has 0 unspecified atom stereocenters. The molecular formula is C18H18N2O2S2. The van der Waals surface area contributed by atoms with Crippen LogP contribution in [0.25, 0.3) is 11.8 Å². The van der Waals surface area contributed by atoms with Gasteiger partial charge in [0.25, 0.3) is 5.91 Å². The molecule has 4 nitrogen and oxygen atoms in total. The number of carbonyl (C=O) groups excluding carboxylic acids is 1. The number of benzene rings is 1. The molecule has 2 aromatic rings. The van der Waals surface area contributed by atoms with Crippen molar-refractivity contribution in [2.45, 2.75) is 13.8 Å². The summed E-state index contributed by atoms with van der Waals surface area (Å²) in [5.41, 5.74) is 4.28. The largest absolute Gasteiger partial charge is 0.497 e. The van der Waals surface area contributed by atoms with E-state index in [9.17, 15) is 4.79 Å². The summed E-state index contributed by atoms with van der Waals surface area (Å²) < 4.78 is 7.97. The predicted octanol–water partition coefficient (Wildman–Crippen LogP) is 3.93. The molecule has 0 spiro atoms. The zero-order valence-corrected chi connectivity index (χ0v) is 15.6. The van der Waals surface area contributed by atoms with Crippen molar-refractivity contribution in [3.05, 3.63) is 52.2 Å². The molecule has 6 heteroatoms. The lowest BCUT2D eigenvalue weighted by atomic mass is 10.2. The molecule has 24 heavy (non-hydrogen) atoms. The van der Waals surface area contributed by atoms with Gasteiger partial charge in [0.2, 0.25) is 0 Å². The lowest BCUT2D eigenvalue weighted by Crippen LogP contribution is -2.22. The molecule has 0 saturated carbocycles. The number of hydrogen-bond acceptors (Lipinski definition) is 4. The number of likely N-dealkylation sites (N-methyl/N-ethyl adjacent to an activating group) is 1. The molecule has 3 rings (SSSR count). The quantitative estimate of drug-likeness (QED) is 0.615. The molecule has 1 saturated heterocycles. The van der Waals surface area contributed by atoms with E-state index in [0.717, 1.165) is 28.4 Å². The molecule has 0 aliphatic carbocycles. The van der Waals surface area contributed by atoms with Crippen molar-refractivity contribution < 1.29 is 9.53 Å². The highest BCUT2D eigenvalue weighted by Gasteiger charge is 2.29. The monoisotopic (exact) mass is 358 g/mol. The van der Waals surface area contributed by atoms with Gasteiger partial charge in [-0.1, -0.05) is 24.0 Å². The number of aryl methyl sites for hydroxylation is 1. The topological polar surface area (TPSA) is 34.5 Å². The first kappa shape index (κ1) is 16.8. The summed E-state index contributed by atoms with van der Waals surface area (Å²) in [6, 6.07) is 10.0. The summed E-state index contributed by atoms with van der Waals surface area (Å²) in [7, 11) is 3.36. The minimum absolute atomic E-state index is 0.0424. The van der Waals surface area contributed by atoms with Crippen LogP contribution in [0, 0.1) is 13.8 Å². The highest BCUT2D eigenvalue weighted by Crippen LogP contribution is 2.33. The first-order valence-electron chi connectivity index (χ1n) is 7.47. The van der Waals surface area contributed by atoms with E-state index >= 15 is 0 Å². The summed E-state index contributed by atoms with van der Waals surface area (Å²) in [6.07, 6.45) is 1.92.